The molecule has 1 aromatic heterocycles. The van der Waals surface area contributed by atoms with Gasteiger partial charge in [0.1, 0.15) is 17.5 Å². The number of carbonyl (C=O) groups is 1. The third-order valence-corrected chi connectivity index (χ3v) is 5.63. The Morgan fingerprint density at radius 2 is 1.83 bits per heavy atom. The molecule has 0 amide bonds. The highest BCUT2D eigenvalue weighted by Gasteiger charge is 2.37. The second kappa shape index (κ2) is 7.33. The monoisotopic (exact) mass is 402 g/mol. The van der Waals surface area contributed by atoms with Crippen molar-refractivity contribution in [1.29, 1.82) is 0 Å². The summed E-state index contributed by atoms with van der Waals surface area (Å²) >= 11 is 0. The second-order valence-corrected chi connectivity index (χ2v) is 7.41. The minimum Gasteiger partial charge on any atom is -0.497 e. The molecule has 7 nitrogen and oxygen atoms in total. The maximum atomic E-state index is 12.9. The third-order valence-electron chi connectivity index (χ3n) is 5.63. The van der Waals surface area contributed by atoms with Crippen molar-refractivity contribution in [2.45, 2.75) is 25.3 Å². The molecule has 0 fully saturated rings. The Morgan fingerprint density at radius 1 is 1.03 bits per heavy atom. The van der Waals surface area contributed by atoms with Crippen LogP contribution in [0.4, 0.5) is 5.95 Å². The Bertz CT molecular complexity index is 1150. The molecule has 1 aliphatic carbocycles. The summed E-state index contributed by atoms with van der Waals surface area (Å²) in [6, 6.07) is 15.1. The number of Topliss-reactive ketones (excluding diaryl/α,β-unsaturated/α-hetero) is 1. The molecular weight excluding hydrogens is 380 g/mol. The van der Waals surface area contributed by atoms with Crippen molar-refractivity contribution in [2.75, 3.05) is 19.5 Å². The first kappa shape index (κ1) is 18.4. The van der Waals surface area contributed by atoms with Crippen LogP contribution in [0.15, 0.2) is 59.8 Å². The normalized spacial score (nSPS) is 17.8. The van der Waals surface area contributed by atoms with Gasteiger partial charge in [0.05, 0.1) is 14.2 Å². The van der Waals surface area contributed by atoms with E-state index >= 15 is 0 Å². The van der Waals surface area contributed by atoms with Crippen LogP contribution in [0.1, 0.15) is 30.9 Å². The van der Waals surface area contributed by atoms with E-state index in [9.17, 15) is 4.79 Å². The number of benzene rings is 2. The number of ether oxygens (including phenoxy) is 2. The van der Waals surface area contributed by atoms with E-state index in [0.29, 0.717) is 18.2 Å². The average molecular weight is 402 g/mol. The van der Waals surface area contributed by atoms with Crippen LogP contribution in [0.2, 0.25) is 0 Å². The smallest absolute Gasteiger partial charge is 0.226 e. The Morgan fingerprint density at radius 3 is 2.60 bits per heavy atom. The quantitative estimate of drug-likeness (QED) is 0.711. The molecule has 5 rings (SSSR count). The number of aromatic nitrogens is 3. The summed E-state index contributed by atoms with van der Waals surface area (Å²) in [6.45, 7) is 0. The van der Waals surface area contributed by atoms with Crippen molar-refractivity contribution >= 4 is 11.7 Å². The number of hydrogen-bond donors (Lipinski definition) is 1. The number of methoxy groups -OCH3 is 2. The molecule has 3 aromatic rings. The van der Waals surface area contributed by atoms with Crippen LogP contribution in [-0.2, 0) is 4.79 Å². The molecule has 0 spiro atoms. The highest BCUT2D eigenvalue weighted by Crippen LogP contribution is 2.41. The van der Waals surface area contributed by atoms with Gasteiger partial charge in [-0.1, -0.05) is 12.1 Å². The van der Waals surface area contributed by atoms with Gasteiger partial charge in [0.15, 0.2) is 11.6 Å². The molecule has 2 aliphatic rings. The molecule has 2 aromatic carbocycles. The Hall–Kier alpha value is -3.61. The van der Waals surface area contributed by atoms with Crippen molar-refractivity contribution in [2.24, 2.45) is 0 Å². The molecule has 0 saturated heterocycles. The summed E-state index contributed by atoms with van der Waals surface area (Å²) in [5.41, 5.74) is 3.55. The van der Waals surface area contributed by atoms with Gasteiger partial charge in [-0.05, 0) is 54.8 Å². The van der Waals surface area contributed by atoms with Crippen molar-refractivity contribution in [3.63, 3.8) is 0 Å². The summed E-state index contributed by atoms with van der Waals surface area (Å²) < 4.78 is 12.5. The zero-order valence-electron chi connectivity index (χ0n) is 16.9. The van der Waals surface area contributed by atoms with E-state index in [0.717, 1.165) is 46.7 Å². The number of hydrogen-bond acceptors (Lipinski definition) is 6. The minimum atomic E-state index is -0.335. The summed E-state index contributed by atoms with van der Waals surface area (Å²) in [5, 5.41) is 8.15. The first-order valence-electron chi connectivity index (χ1n) is 9.96. The van der Waals surface area contributed by atoms with Gasteiger partial charge in [-0.15, -0.1) is 5.10 Å². The number of nitrogens with zero attached hydrogens (tertiary/aromatic N) is 3. The van der Waals surface area contributed by atoms with E-state index in [1.807, 2.05) is 53.2 Å². The number of ketones is 1. The molecule has 0 radical (unpaired) electrons. The molecule has 1 N–H and O–H groups in total. The van der Waals surface area contributed by atoms with E-state index in [1.54, 1.807) is 14.2 Å². The van der Waals surface area contributed by atoms with Gasteiger partial charge < -0.3 is 14.8 Å². The minimum absolute atomic E-state index is 0.156. The molecule has 1 atom stereocenters. The lowest BCUT2D eigenvalue weighted by atomic mass is 9.85. The van der Waals surface area contributed by atoms with E-state index in [-0.39, 0.29) is 11.8 Å². The average Bonchev–Trinajstić information content (AvgIpc) is 3.21. The number of carbonyl (C=O) groups excluding carboxylic acids is 1. The summed E-state index contributed by atoms with van der Waals surface area (Å²) in [5.74, 6) is 2.91. The first-order chi connectivity index (χ1) is 14.7. The van der Waals surface area contributed by atoms with Crippen LogP contribution in [0.25, 0.3) is 11.4 Å². The van der Waals surface area contributed by atoms with Gasteiger partial charge in [-0.2, -0.15) is 4.98 Å². The molecule has 7 heteroatoms. The Kier molecular flexibility index (Phi) is 4.50. The highest BCUT2D eigenvalue weighted by atomic mass is 16.5. The zero-order valence-corrected chi connectivity index (χ0v) is 16.9. The van der Waals surface area contributed by atoms with Crippen LogP contribution in [-0.4, -0.2) is 34.8 Å². The maximum Gasteiger partial charge on any atom is 0.226 e. The predicted octanol–water partition coefficient (Wildman–Crippen LogP) is 3.98. The Balaban J connectivity index is 1.64. The van der Waals surface area contributed by atoms with Crippen LogP contribution in [0, 0.1) is 0 Å². The number of nitrogens with one attached hydrogen (secondary N) is 1. The fourth-order valence-corrected chi connectivity index (χ4v) is 4.14. The van der Waals surface area contributed by atoms with E-state index in [1.165, 1.54) is 0 Å². The van der Waals surface area contributed by atoms with Gasteiger partial charge in [0.25, 0.3) is 0 Å². The van der Waals surface area contributed by atoms with E-state index in [2.05, 4.69) is 5.32 Å². The molecule has 30 heavy (non-hydrogen) atoms. The lowest BCUT2D eigenvalue weighted by Crippen LogP contribution is -2.31. The summed E-state index contributed by atoms with van der Waals surface area (Å²) in [4.78, 5) is 17.7. The van der Waals surface area contributed by atoms with Crippen LogP contribution in [0.5, 0.6) is 11.5 Å². The number of anilines is 1. The fourth-order valence-electron chi connectivity index (χ4n) is 4.14. The third kappa shape index (κ3) is 3.03. The Labute approximate surface area is 174 Å². The molecular formula is C23H22N4O3. The number of allylic oxidation sites excluding steroid dienone is 2. The maximum absolute atomic E-state index is 12.9. The van der Waals surface area contributed by atoms with Crippen molar-refractivity contribution in [1.82, 2.24) is 14.8 Å². The van der Waals surface area contributed by atoms with Gasteiger partial charge in [0.2, 0.25) is 5.95 Å². The lowest BCUT2D eigenvalue weighted by Gasteiger charge is -2.32. The van der Waals surface area contributed by atoms with E-state index < -0.39 is 0 Å². The topological polar surface area (TPSA) is 78.3 Å². The van der Waals surface area contributed by atoms with Crippen LogP contribution >= 0.6 is 0 Å². The van der Waals surface area contributed by atoms with E-state index in [4.69, 9.17) is 19.6 Å². The van der Waals surface area contributed by atoms with Gasteiger partial charge in [-0.25, -0.2) is 4.68 Å². The molecule has 0 unspecified atom stereocenters. The summed E-state index contributed by atoms with van der Waals surface area (Å²) in [7, 11) is 3.28. The summed E-state index contributed by atoms with van der Waals surface area (Å²) in [6.07, 6.45) is 2.22. The SMILES string of the molecule is COc1ccc(-c2nc3n(n2)[C@H](c2cccc(OC)c2)C2=C(CCCC2=O)N3)cc1. The van der Waals surface area contributed by atoms with Gasteiger partial charge >= 0.3 is 0 Å². The molecule has 2 heterocycles. The van der Waals surface area contributed by atoms with Crippen molar-refractivity contribution in [3.05, 3.63) is 65.4 Å². The van der Waals surface area contributed by atoms with Gasteiger partial charge in [0, 0.05) is 23.3 Å². The van der Waals surface area contributed by atoms with Gasteiger partial charge in [-0.3, -0.25) is 4.79 Å². The van der Waals surface area contributed by atoms with Crippen LogP contribution in [0.3, 0.4) is 0 Å². The zero-order chi connectivity index (χ0) is 20.7. The largest absolute Gasteiger partial charge is 0.497 e. The highest BCUT2D eigenvalue weighted by molar-refractivity contribution is 5.99. The number of rotatable bonds is 4. The molecule has 0 bridgehead atoms. The molecule has 0 saturated carbocycles. The fraction of sp³-hybridized carbons (Fsp3) is 0.261. The number of fused-ring (bicyclic) bond motifs is 1. The molecule has 152 valence electrons. The van der Waals surface area contributed by atoms with Crippen molar-refractivity contribution in [3.8, 4) is 22.9 Å². The standard InChI is InChI=1S/C23H22N4O3/c1-29-16-11-9-14(10-12-16)22-25-23-24-18-7-4-8-19(28)20(18)21(27(23)26-22)15-5-3-6-17(13-15)30-2/h3,5-6,9-13,21H,4,7-8H2,1-2H3,(H,24,25,26)/t21-/m1/s1. The first-order valence-corrected chi connectivity index (χ1v) is 9.96. The molecule has 1 aliphatic heterocycles. The van der Waals surface area contributed by atoms with Crippen LogP contribution < -0.4 is 14.8 Å². The second-order valence-electron chi connectivity index (χ2n) is 7.41. The lowest BCUT2D eigenvalue weighted by molar-refractivity contribution is -0.116. The van der Waals surface area contributed by atoms with Crippen molar-refractivity contribution < 1.29 is 14.3 Å². The predicted molar refractivity (Wildman–Crippen MR) is 113 cm³/mol.